The van der Waals surface area contributed by atoms with Crippen molar-refractivity contribution in [3.05, 3.63) is 64.9 Å². The predicted octanol–water partition coefficient (Wildman–Crippen LogP) is 3.46. The number of hydrogen-bond donors (Lipinski definition) is 3. The number of rotatable bonds is 4. The van der Waals surface area contributed by atoms with Crippen LogP contribution in [0.15, 0.2) is 48.5 Å². The number of hydrazine groups is 1. The van der Waals surface area contributed by atoms with Gasteiger partial charge in [-0.1, -0.05) is 35.9 Å². The van der Waals surface area contributed by atoms with Gasteiger partial charge in [0.15, 0.2) is 5.11 Å². The van der Waals surface area contributed by atoms with Crippen LogP contribution in [-0.4, -0.2) is 28.5 Å². The molecular formula is C19H20ClFN4OS. The summed E-state index contributed by atoms with van der Waals surface area (Å²) in [6.45, 7) is 0.992. The zero-order chi connectivity index (χ0) is 19.2. The number of halogens is 2. The first-order valence-corrected chi connectivity index (χ1v) is 9.42. The molecule has 3 rings (SSSR count). The van der Waals surface area contributed by atoms with Crippen molar-refractivity contribution in [2.75, 3.05) is 11.9 Å². The Morgan fingerprint density at radius 2 is 1.96 bits per heavy atom. The van der Waals surface area contributed by atoms with Crippen LogP contribution in [0.1, 0.15) is 18.4 Å². The van der Waals surface area contributed by atoms with Gasteiger partial charge in [0.2, 0.25) is 0 Å². The molecule has 1 atom stereocenters. The van der Waals surface area contributed by atoms with Crippen LogP contribution >= 0.6 is 23.8 Å². The molecule has 1 saturated heterocycles. The number of anilines is 1. The third kappa shape index (κ3) is 5.15. The Labute approximate surface area is 167 Å². The number of benzene rings is 2. The highest BCUT2D eigenvalue weighted by molar-refractivity contribution is 7.80. The number of amides is 1. The second-order valence-corrected chi connectivity index (χ2v) is 7.08. The molecule has 2 aromatic rings. The van der Waals surface area contributed by atoms with E-state index >= 15 is 0 Å². The van der Waals surface area contributed by atoms with Crippen LogP contribution in [-0.2, 0) is 11.3 Å². The lowest BCUT2D eigenvalue weighted by Crippen LogP contribution is -2.51. The number of likely N-dealkylation sites (tertiary alicyclic amines) is 1. The summed E-state index contributed by atoms with van der Waals surface area (Å²) < 4.78 is 14.0. The van der Waals surface area contributed by atoms with Gasteiger partial charge in [-0.25, -0.2) is 4.39 Å². The van der Waals surface area contributed by atoms with Crippen molar-refractivity contribution in [3.63, 3.8) is 0 Å². The lowest BCUT2D eigenvalue weighted by Gasteiger charge is -2.24. The Balaban J connectivity index is 1.55. The van der Waals surface area contributed by atoms with Crippen LogP contribution in [0.2, 0.25) is 5.02 Å². The fourth-order valence-electron chi connectivity index (χ4n) is 3.08. The van der Waals surface area contributed by atoms with Crippen LogP contribution in [0.3, 0.4) is 0 Å². The second kappa shape index (κ2) is 9.12. The molecule has 5 nitrogen and oxygen atoms in total. The minimum absolute atomic E-state index is 0.211. The Kier molecular flexibility index (Phi) is 6.60. The summed E-state index contributed by atoms with van der Waals surface area (Å²) in [6.07, 6.45) is 1.55. The fraction of sp³-hybridized carbons (Fsp3) is 0.263. The van der Waals surface area contributed by atoms with Crippen molar-refractivity contribution in [1.82, 2.24) is 15.8 Å². The molecule has 1 heterocycles. The van der Waals surface area contributed by atoms with Crippen molar-refractivity contribution < 1.29 is 9.18 Å². The molecule has 1 amide bonds. The molecule has 0 unspecified atom stereocenters. The topological polar surface area (TPSA) is 56.4 Å². The van der Waals surface area contributed by atoms with E-state index in [1.807, 2.05) is 35.2 Å². The zero-order valence-electron chi connectivity index (χ0n) is 14.5. The van der Waals surface area contributed by atoms with Crippen molar-refractivity contribution in [2.24, 2.45) is 0 Å². The number of nitrogens with one attached hydrogen (secondary N) is 3. The highest BCUT2D eigenvalue weighted by Crippen LogP contribution is 2.25. The summed E-state index contributed by atoms with van der Waals surface area (Å²) in [4.78, 5) is 14.5. The van der Waals surface area contributed by atoms with Crippen LogP contribution in [0.4, 0.5) is 10.1 Å². The lowest BCUT2D eigenvalue weighted by atomic mass is 10.1. The zero-order valence-corrected chi connectivity index (χ0v) is 16.1. The Morgan fingerprint density at radius 3 is 2.70 bits per heavy atom. The van der Waals surface area contributed by atoms with E-state index in [1.165, 1.54) is 6.07 Å². The Hall–Kier alpha value is -2.22. The van der Waals surface area contributed by atoms with E-state index in [4.69, 9.17) is 23.8 Å². The maximum absolute atomic E-state index is 14.0. The first kappa shape index (κ1) is 19.5. The first-order valence-electron chi connectivity index (χ1n) is 8.63. The summed E-state index contributed by atoms with van der Waals surface area (Å²) in [6, 6.07) is 13.6. The van der Waals surface area contributed by atoms with Crippen LogP contribution in [0.25, 0.3) is 0 Å². The van der Waals surface area contributed by atoms with Crippen molar-refractivity contribution in [1.29, 1.82) is 0 Å². The SMILES string of the molecule is O=C(NNC(=S)Nc1ccccc1)[C@@H]1CCCN1Cc1c(F)cccc1Cl. The average Bonchev–Trinajstić information content (AvgIpc) is 3.12. The standard InChI is InChI=1S/C19H20ClFN4OS/c20-15-8-4-9-16(21)14(15)12-25-11-5-10-17(25)18(26)23-24-19(27)22-13-6-2-1-3-7-13/h1-4,6-9,17H,5,10-12H2,(H,23,26)(H2,22,24,27)/t17-/m0/s1. The van der Waals surface area contributed by atoms with Gasteiger partial charge >= 0.3 is 0 Å². The quantitative estimate of drug-likeness (QED) is 0.536. The van der Waals surface area contributed by atoms with Gasteiger partial charge < -0.3 is 5.32 Å². The number of para-hydroxylation sites is 1. The Bertz CT molecular complexity index is 800. The van der Waals surface area contributed by atoms with Gasteiger partial charge in [0.25, 0.3) is 5.91 Å². The van der Waals surface area contributed by atoms with Gasteiger partial charge in [0.1, 0.15) is 5.82 Å². The van der Waals surface area contributed by atoms with Crippen LogP contribution in [0.5, 0.6) is 0 Å². The number of hydrogen-bond acceptors (Lipinski definition) is 3. The molecule has 2 aromatic carbocycles. The largest absolute Gasteiger partial charge is 0.331 e. The molecule has 0 bridgehead atoms. The van der Waals surface area contributed by atoms with Gasteiger partial charge in [0, 0.05) is 22.8 Å². The summed E-state index contributed by atoms with van der Waals surface area (Å²) in [7, 11) is 0. The third-order valence-electron chi connectivity index (χ3n) is 4.42. The average molecular weight is 407 g/mol. The normalized spacial score (nSPS) is 16.7. The maximum atomic E-state index is 14.0. The monoisotopic (exact) mass is 406 g/mol. The Morgan fingerprint density at radius 1 is 1.19 bits per heavy atom. The van der Waals surface area contributed by atoms with Gasteiger partial charge in [-0.05, 0) is 55.9 Å². The number of carbonyl (C=O) groups is 1. The summed E-state index contributed by atoms with van der Waals surface area (Å²) in [5, 5.41) is 3.63. The predicted molar refractivity (Wildman–Crippen MR) is 109 cm³/mol. The number of nitrogens with zero attached hydrogens (tertiary/aromatic N) is 1. The van der Waals surface area contributed by atoms with Crippen molar-refractivity contribution in [3.8, 4) is 0 Å². The van der Waals surface area contributed by atoms with E-state index in [-0.39, 0.29) is 29.4 Å². The fourth-order valence-corrected chi connectivity index (χ4v) is 3.48. The summed E-state index contributed by atoms with van der Waals surface area (Å²) in [5.41, 5.74) is 6.57. The van der Waals surface area contributed by atoms with E-state index in [2.05, 4.69) is 16.2 Å². The van der Waals surface area contributed by atoms with Gasteiger partial charge in [-0.15, -0.1) is 0 Å². The molecule has 3 N–H and O–H groups in total. The molecule has 0 radical (unpaired) electrons. The number of carbonyl (C=O) groups excluding carboxylic acids is 1. The van der Waals surface area contributed by atoms with Gasteiger partial charge in [-0.2, -0.15) is 0 Å². The van der Waals surface area contributed by atoms with E-state index in [1.54, 1.807) is 12.1 Å². The van der Waals surface area contributed by atoms with Gasteiger partial charge in [-0.3, -0.25) is 20.5 Å². The molecule has 0 saturated carbocycles. The molecule has 0 aliphatic carbocycles. The molecule has 1 aliphatic rings. The molecule has 0 spiro atoms. The summed E-state index contributed by atoms with van der Waals surface area (Å²) >= 11 is 11.3. The van der Waals surface area contributed by atoms with Crippen molar-refractivity contribution >= 4 is 40.5 Å². The minimum atomic E-state index is -0.368. The van der Waals surface area contributed by atoms with E-state index < -0.39 is 0 Å². The minimum Gasteiger partial charge on any atom is -0.331 e. The highest BCUT2D eigenvalue weighted by atomic mass is 35.5. The molecule has 27 heavy (non-hydrogen) atoms. The van der Waals surface area contributed by atoms with Crippen molar-refractivity contribution in [2.45, 2.75) is 25.4 Å². The van der Waals surface area contributed by atoms with E-state index in [0.29, 0.717) is 23.6 Å². The first-order chi connectivity index (χ1) is 13.0. The second-order valence-electron chi connectivity index (χ2n) is 6.26. The molecular weight excluding hydrogens is 387 g/mol. The van der Waals surface area contributed by atoms with E-state index in [9.17, 15) is 9.18 Å². The highest BCUT2D eigenvalue weighted by Gasteiger charge is 2.31. The summed E-state index contributed by atoms with van der Waals surface area (Å²) in [5.74, 6) is -0.572. The lowest BCUT2D eigenvalue weighted by molar-refractivity contribution is -0.126. The van der Waals surface area contributed by atoms with E-state index in [0.717, 1.165) is 12.1 Å². The van der Waals surface area contributed by atoms with Gasteiger partial charge in [0.05, 0.1) is 6.04 Å². The molecule has 1 fully saturated rings. The maximum Gasteiger partial charge on any atom is 0.255 e. The molecule has 142 valence electrons. The molecule has 0 aromatic heterocycles. The third-order valence-corrected chi connectivity index (χ3v) is 4.98. The smallest absolute Gasteiger partial charge is 0.255 e. The van der Waals surface area contributed by atoms with Crippen LogP contribution < -0.4 is 16.2 Å². The molecule has 1 aliphatic heterocycles. The number of thiocarbonyl (C=S) groups is 1. The van der Waals surface area contributed by atoms with Crippen LogP contribution in [0, 0.1) is 5.82 Å². The molecule has 8 heteroatoms.